The highest BCUT2D eigenvalue weighted by molar-refractivity contribution is 7.14. The third kappa shape index (κ3) is 4.65. The number of hydrogen-bond donors (Lipinski definition) is 2. The number of nitrogens with zero attached hydrogens (tertiary/aromatic N) is 2. The van der Waals surface area contributed by atoms with Gasteiger partial charge in [-0.05, 0) is 36.4 Å². The molecule has 0 unspecified atom stereocenters. The van der Waals surface area contributed by atoms with Crippen molar-refractivity contribution in [1.82, 2.24) is 4.98 Å². The molecule has 0 atom stereocenters. The molecule has 2 aromatic heterocycles. The van der Waals surface area contributed by atoms with Crippen molar-refractivity contribution in [2.24, 2.45) is 5.16 Å². The molecule has 0 aliphatic carbocycles. The van der Waals surface area contributed by atoms with E-state index in [0.717, 1.165) is 4.88 Å². The smallest absolute Gasteiger partial charge is 0.265 e. The first-order valence-corrected chi connectivity index (χ1v) is 8.35. The molecule has 3 N–H and O–H groups in total. The van der Waals surface area contributed by atoms with Gasteiger partial charge in [0.25, 0.3) is 5.91 Å². The van der Waals surface area contributed by atoms with Gasteiger partial charge in [-0.3, -0.25) is 9.78 Å². The molecular formula is C18H16N4O2S. The maximum atomic E-state index is 12.3. The largest absolute Gasteiger partial charge is 0.397 e. The summed E-state index contributed by atoms with van der Waals surface area (Å²) >= 11 is 1.34. The van der Waals surface area contributed by atoms with Crippen LogP contribution in [-0.2, 0) is 11.4 Å². The van der Waals surface area contributed by atoms with Gasteiger partial charge in [-0.1, -0.05) is 23.4 Å². The van der Waals surface area contributed by atoms with Crippen LogP contribution in [0.25, 0.3) is 0 Å². The minimum Gasteiger partial charge on any atom is -0.397 e. The number of benzene rings is 1. The average molecular weight is 352 g/mol. The summed E-state index contributed by atoms with van der Waals surface area (Å²) in [4.78, 5) is 23.1. The first-order valence-electron chi connectivity index (χ1n) is 7.53. The number of nitrogen functional groups attached to an aromatic ring is 1. The van der Waals surface area contributed by atoms with Gasteiger partial charge in [0.05, 0.1) is 28.2 Å². The van der Waals surface area contributed by atoms with E-state index in [1.807, 2.05) is 36.4 Å². The monoisotopic (exact) mass is 352 g/mol. The van der Waals surface area contributed by atoms with Crippen LogP contribution in [0, 0.1) is 0 Å². The van der Waals surface area contributed by atoms with Crippen molar-refractivity contribution >= 4 is 34.8 Å². The Morgan fingerprint density at radius 2 is 2.04 bits per heavy atom. The minimum absolute atomic E-state index is 0.203. The summed E-state index contributed by atoms with van der Waals surface area (Å²) in [5.74, 6) is -0.203. The number of hydrogen-bond acceptors (Lipinski definition) is 6. The lowest BCUT2D eigenvalue weighted by Gasteiger charge is -2.06. The van der Waals surface area contributed by atoms with Crippen molar-refractivity contribution < 1.29 is 9.63 Å². The molecule has 3 aromatic rings. The second-order valence-corrected chi connectivity index (χ2v) is 6.24. The van der Waals surface area contributed by atoms with Gasteiger partial charge >= 0.3 is 0 Å². The Kier molecular flexibility index (Phi) is 5.38. The average Bonchev–Trinajstić information content (AvgIpc) is 3.11. The van der Waals surface area contributed by atoms with E-state index in [1.165, 1.54) is 11.3 Å². The molecule has 6 nitrogen and oxygen atoms in total. The lowest BCUT2D eigenvalue weighted by molar-refractivity contribution is 0.103. The molecule has 0 spiro atoms. The van der Waals surface area contributed by atoms with Crippen LogP contribution in [0.5, 0.6) is 0 Å². The normalized spacial score (nSPS) is 10.7. The Morgan fingerprint density at radius 1 is 1.20 bits per heavy atom. The van der Waals surface area contributed by atoms with Crippen LogP contribution in [0.3, 0.4) is 0 Å². The number of rotatable bonds is 6. The number of thiophene rings is 1. The van der Waals surface area contributed by atoms with E-state index in [4.69, 9.17) is 10.6 Å². The molecule has 0 aliphatic rings. The van der Waals surface area contributed by atoms with Gasteiger partial charge < -0.3 is 15.9 Å². The van der Waals surface area contributed by atoms with Gasteiger partial charge in [0.15, 0.2) is 6.61 Å². The zero-order chi connectivity index (χ0) is 17.5. The van der Waals surface area contributed by atoms with Crippen LogP contribution < -0.4 is 11.1 Å². The van der Waals surface area contributed by atoms with Crippen molar-refractivity contribution in [3.05, 3.63) is 76.2 Å². The standard InChI is InChI=1S/C18H16N4O2S/c19-15-6-1-2-7-16(15)22-18(23)17-9-8-14(25-17)12-24-21-11-13-5-3-4-10-20-13/h1-11H,12,19H2,(H,22,23). The molecule has 0 fully saturated rings. The van der Waals surface area contributed by atoms with E-state index in [-0.39, 0.29) is 12.5 Å². The molecule has 1 amide bonds. The maximum Gasteiger partial charge on any atom is 0.265 e. The summed E-state index contributed by atoms with van der Waals surface area (Å²) < 4.78 is 0. The third-order valence-electron chi connectivity index (χ3n) is 3.25. The number of pyridine rings is 1. The highest BCUT2D eigenvalue weighted by atomic mass is 32.1. The first kappa shape index (κ1) is 16.7. The molecule has 7 heteroatoms. The van der Waals surface area contributed by atoms with Crippen molar-refractivity contribution in [3.63, 3.8) is 0 Å². The Morgan fingerprint density at radius 3 is 2.84 bits per heavy atom. The molecule has 0 bridgehead atoms. The topological polar surface area (TPSA) is 89.6 Å². The van der Waals surface area contributed by atoms with Crippen LogP contribution in [0.2, 0.25) is 0 Å². The summed E-state index contributed by atoms with van der Waals surface area (Å²) in [7, 11) is 0. The van der Waals surface area contributed by atoms with Crippen LogP contribution in [0.1, 0.15) is 20.2 Å². The van der Waals surface area contributed by atoms with Crippen molar-refractivity contribution in [3.8, 4) is 0 Å². The van der Waals surface area contributed by atoms with E-state index >= 15 is 0 Å². The van der Waals surface area contributed by atoms with Crippen LogP contribution in [0.15, 0.2) is 65.9 Å². The van der Waals surface area contributed by atoms with Gasteiger partial charge in [0.1, 0.15) is 0 Å². The van der Waals surface area contributed by atoms with Crippen LogP contribution >= 0.6 is 11.3 Å². The first-order chi connectivity index (χ1) is 12.2. The van der Waals surface area contributed by atoms with Crippen LogP contribution in [-0.4, -0.2) is 17.1 Å². The fraction of sp³-hybridized carbons (Fsp3) is 0.0556. The van der Waals surface area contributed by atoms with Gasteiger partial charge in [0, 0.05) is 11.1 Å². The number of amides is 1. The zero-order valence-corrected chi connectivity index (χ0v) is 14.1. The predicted molar refractivity (Wildman–Crippen MR) is 99.7 cm³/mol. The summed E-state index contributed by atoms with van der Waals surface area (Å²) in [6.45, 7) is 0.286. The SMILES string of the molecule is Nc1ccccc1NC(=O)c1ccc(CON=Cc2ccccn2)s1. The summed E-state index contributed by atoms with van der Waals surface area (Å²) in [6, 6.07) is 16.3. The Balaban J connectivity index is 1.54. The number of nitrogens with two attached hydrogens (primary N) is 1. The van der Waals surface area contributed by atoms with Gasteiger partial charge in [0.2, 0.25) is 0 Å². The zero-order valence-electron chi connectivity index (χ0n) is 13.3. The second-order valence-electron chi connectivity index (χ2n) is 5.07. The molecule has 0 saturated heterocycles. The molecule has 2 heterocycles. The number of carbonyl (C=O) groups excluding carboxylic acids is 1. The number of anilines is 2. The fourth-order valence-electron chi connectivity index (χ4n) is 2.02. The second kappa shape index (κ2) is 8.07. The van der Waals surface area contributed by atoms with Crippen molar-refractivity contribution in [2.75, 3.05) is 11.1 Å². The summed E-state index contributed by atoms with van der Waals surface area (Å²) in [5, 5.41) is 6.67. The molecule has 0 saturated carbocycles. The fourth-order valence-corrected chi connectivity index (χ4v) is 2.83. The molecule has 3 rings (SSSR count). The number of carbonyl (C=O) groups is 1. The van der Waals surface area contributed by atoms with Crippen LogP contribution in [0.4, 0.5) is 11.4 Å². The van der Waals surface area contributed by atoms with E-state index < -0.39 is 0 Å². The predicted octanol–water partition coefficient (Wildman–Crippen LogP) is 3.53. The Bertz CT molecular complexity index is 878. The number of nitrogens with one attached hydrogen (secondary N) is 1. The molecule has 0 radical (unpaired) electrons. The van der Waals surface area contributed by atoms with Gasteiger partial charge in [-0.15, -0.1) is 11.3 Å². The Hall–Kier alpha value is -3.19. The molecule has 1 aromatic carbocycles. The number of oxime groups is 1. The Labute approximate surface area is 149 Å². The molecule has 0 aliphatic heterocycles. The number of para-hydroxylation sites is 2. The van der Waals surface area contributed by atoms with E-state index in [2.05, 4.69) is 15.5 Å². The number of aromatic nitrogens is 1. The highest BCUT2D eigenvalue weighted by Crippen LogP contribution is 2.21. The lowest BCUT2D eigenvalue weighted by atomic mass is 10.2. The molecular weight excluding hydrogens is 336 g/mol. The van der Waals surface area contributed by atoms with E-state index in [0.29, 0.717) is 21.9 Å². The molecule has 25 heavy (non-hydrogen) atoms. The van der Waals surface area contributed by atoms with E-state index in [1.54, 1.807) is 30.6 Å². The minimum atomic E-state index is -0.203. The highest BCUT2D eigenvalue weighted by Gasteiger charge is 2.11. The summed E-state index contributed by atoms with van der Waals surface area (Å²) in [5.41, 5.74) is 7.67. The van der Waals surface area contributed by atoms with Gasteiger partial charge in [-0.25, -0.2) is 0 Å². The van der Waals surface area contributed by atoms with Crippen molar-refractivity contribution in [1.29, 1.82) is 0 Å². The maximum absolute atomic E-state index is 12.3. The summed E-state index contributed by atoms with van der Waals surface area (Å²) in [6.07, 6.45) is 3.23. The lowest BCUT2D eigenvalue weighted by Crippen LogP contribution is -2.11. The van der Waals surface area contributed by atoms with E-state index in [9.17, 15) is 4.79 Å². The van der Waals surface area contributed by atoms with Crippen molar-refractivity contribution in [2.45, 2.75) is 6.61 Å². The van der Waals surface area contributed by atoms with Gasteiger partial charge in [-0.2, -0.15) is 0 Å². The molecule has 126 valence electrons. The quantitative estimate of drug-likeness (QED) is 0.403. The third-order valence-corrected chi connectivity index (χ3v) is 4.31.